The highest BCUT2D eigenvalue weighted by Crippen LogP contribution is 2.28. The van der Waals surface area contributed by atoms with Crippen molar-refractivity contribution in [2.75, 3.05) is 0 Å². The summed E-state index contributed by atoms with van der Waals surface area (Å²) in [6, 6.07) is 6.40. The van der Waals surface area contributed by atoms with Crippen LogP contribution in [-0.4, -0.2) is 9.55 Å². The third-order valence-electron chi connectivity index (χ3n) is 3.56. The molecule has 1 N–H and O–H groups in total. The van der Waals surface area contributed by atoms with Crippen LogP contribution in [0.15, 0.2) is 18.2 Å². The van der Waals surface area contributed by atoms with Crippen LogP contribution in [0.4, 0.5) is 0 Å². The first-order valence-electron chi connectivity index (χ1n) is 7.07. The van der Waals surface area contributed by atoms with Gasteiger partial charge in [0.15, 0.2) is 4.77 Å². The first kappa shape index (κ1) is 14.6. The summed E-state index contributed by atoms with van der Waals surface area (Å²) in [5.74, 6) is 0. The molecule has 19 heavy (non-hydrogen) atoms. The minimum absolute atomic E-state index is 0.477. The lowest BCUT2D eigenvalue weighted by atomic mass is 10.0. The molecule has 0 saturated carbocycles. The third kappa shape index (κ3) is 3.21. The lowest BCUT2D eigenvalue weighted by molar-refractivity contribution is 0.422. The molecule has 1 heterocycles. The fourth-order valence-corrected chi connectivity index (χ4v) is 3.16. The third-order valence-corrected chi connectivity index (χ3v) is 4.09. The fourth-order valence-electron chi connectivity index (χ4n) is 2.63. The van der Waals surface area contributed by atoms with Crippen molar-refractivity contribution in [3.05, 3.63) is 28.0 Å². The van der Waals surface area contributed by atoms with Gasteiger partial charge >= 0.3 is 0 Å². The maximum Gasteiger partial charge on any atom is 0.178 e. The average molecular weight is 297 g/mol. The molecule has 0 aliphatic carbocycles. The molecule has 1 aromatic heterocycles. The minimum Gasteiger partial charge on any atom is -0.331 e. The second-order valence-corrected chi connectivity index (χ2v) is 5.87. The number of hydrogen-bond donors (Lipinski definition) is 1. The van der Waals surface area contributed by atoms with Gasteiger partial charge in [0.2, 0.25) is 0 Å². The molecule has 0 aliphatic heterocycles. The molecule has 4 heteroatoms. The second kappa shape index (κ2) is 6.58. The number of aromatic amines is 1. The van der Waals surface area contributed by atoms with Crippen LogP contribution in [0.2, 0.25) is 5.02 Å². The number of fused-ring (bicyclic) bond motifs is 1. The Balaban J connectivity index is 2.48. The molecule has 2 nitrogen and oxygen atoms in total. The Morgan fingerprint density at radius 2 is 2.05 bits per heavy atom. The number of rotatable bonds is 6. The van der Waals surface area contributed by atoms with Gasteiger partial charge in [-0.25, -0.2) is 0 Å². The van der Waals surface area contributed by atoms with Crippen LogP contribution in [0, 0.1) is 4.77 Å². The molecule has 1 aromatic carbocycles. The summed E-state index contributed by atoms with van der Waals surface area (Å²) in [4.78, 5) is 3.29. The number of aromatic nitrogens is 2. The van der Waals surface area contributed by atoms with E-state index in [1.807, 2.05) is 18.2 Å². The zero-order chi connectivity index (χ0) is 13.8. The summed E-state index contributed by atoms with van der Waals surface area (Å²) in [6.45, 7) is 4.46. The van der Waals surface area contributed by atoms with Gasteiger partial charge in [-0.1, -0.05) is 44.7 Å². The molecule has 104 valence electrons. The van der Waals surface area contributed by atoms with E-state index in [1.165, 1.54) is 25.7 Å². The number of imidazole rings is 1. The quantitative estimate of drug-likeness (QED) is 0.660. The van der Waals surface area contributed by atoms with Crippen LogP contribution >= 0.6 is 23.8 Å². The Morgan fingerprint density at radius 3 is 2.74 bits per heavy atom. The van der Waals surface area contributed by atoms with Gasteiger partial charge in [0.05, 0.1) is 11.0 Å². The SMILES string of the molecule is CCCCC(CCC)n1c(=S)[nH]c2ccc(Cl)cc21. The smallest absolute Gasteiger partial charge is 0.178 e. The number of nitrogens with one attached hydrogen (secondary N) is 1. The van der Waals surface area contributed by atoms with Crippen molar-refractivity contribution in [1.82, 2.24) is 9.55 Å². The number of nitrogens with zero attached hydrogens (tertiary/aromatic N) is 1. The van der Waals surface area contributed by atoms with Crippen LogP contribution in [0.1, 0.15) is 52.0 Å². The lowest BCUT2D eigenvalue weighted by Gasteiger charge is -2.19. The van der Waals surface area contributed by atoms with Gasteiger partial charge in [-0.3, -0.25) is 0 Å². The van der Waals surface area contributed by atoms with E-state index in [1.54, 1.807) is 0 Å². The molecule has 1 atom stereocenters. The van der Waals surface area contributed by atoms with Crippen LogP contribution in [0.25, 0.3) is 11.0 Å². The van der Waals surface area contributed by atoms with E-state index >= 15 is 0 Å². The Bertz CT molecular complexity index is 600. The van der Waals surface area contributed by atoms with Crippen LogP contribution in [0.5, 0.6) is 0 Å². The highest BCUT2D eigenvalue weighted by atomic mass is 35.5. The highest BCUT2D eigenvalue weighted by molar-refractivity contribution is 7.71. The number of halogens is 1. The molecule has 0 aliphatic rings. The van der Waals surface area contributed by atoms with E-state index in [0.717, 1.165) is 27.2 Å². The Hall–Kier alpha value is -0.800. The van der Waals surface area contributed by atoms with Crippen molar-refractivity contribution >= 4 is 34.9 Å². The second-order valence-electron chi connectivity index (χ2n) is 5.05. The summed E-state index contributed by atoms with van der Waals surface area (Å²) in [7, 11) is 0. The van der Waals surface area contributed by atoms with Crippen molar-refractivity contribution in [2.45, 2.75) is 52.0 Å². The van der Waals surface area contributed by atoms with Gasteiger partial charge in [0.1, 0.15) is 0 Å². The Morgan fingerprint density at radius 1 is 1.26 bits per heavy atom. The number of hydrogen-bond acceptors (Lipinski definition) is 1. The standard InChI is InChI=1S/C15H21ClN2S/c1-3-5-7-12(6-4-2)18-14-10-11(16)8-9-13(14)17-15(18)19/h8-10,12H,3-7H2,1-2H3,(H,17,19). The van der Waals surface area contributed by atoms with Gasteiger partial charge in [-0.2, -0.15) is 0 Å². The molecule has 0 bridgehead atoms. The monoisotopic (exact) mass is 296 g/mol. The van der Waals surface area contributed by atoms with E-state index in [0.29, 0.717) is 6.04 Å². The first-order valence-corrected chi connectivity index (χ1v) is 7.85. The predicted octanol–water partition coefficient (Wildman–Crippen LogP) is 5.88. The normalized spacial score (nSPS) is 13.0. The average Bonchev–Trinajstić information content (AvgIpc) is 2.70. The summed E-state index contributed by atoms with van der Waals surface area (Å²) in [5.41, 5.74) is 2.21. The lowest BCUT2D eigenvalue weighted by Crippen LogP contribution is -2.09. The molecule has 0 spiro atoms. The van der Waals surface area contributed by atoms with Gasteiger partial charge in [0.25, 0.3) is 0 Å². The summed E-state index contributed by atoms with van der Waals surface area (Å²) >= 11 is 11.6. The maximum atomic E-state index is 6.12. The zero-order valence-corrected chi connectivity index (χ0v) is 13.2. The number of unbranched alkanes of at least 4 members (excludes halogenated alkanes) is 1. The van der Waals surface area contributed by atoms with Gasteiger partial charge in [-0.05, 0) is 43.3 Å². The molecule has 0 fully saturated rings. The van der Waals surface area contributed by atoms with Crippen LogP contribution in [0.3, 0.4) is 0 Å². The summed E-state index contributed by atoms with van der Waals surface area (Å²) in [5, 5.41) is 0.765. The van der Waals surface area contributed by atoms with Crippen LogP contribution in [-0.2, 0) is 0 Å². The molecule has 2 rings (SSSR count). The van der Waals surface area contributed by atoms with Crippen molar-refractivity contribution in [3.63, 3.8) is 0 Å². The molecule has 2 aromatic rings. The van der Waals surface area contributed by atoms with Crippen molar-refractivity contribution in [3.8, 4) is 0 Å². The minimum atomic E-state index is 0.477. The maximum absolute atomic E-state index is 6.12. The molecular weight excluding hydrogens is 276 g/mol. The summed E-state index contributed by atoms with van der Waals surface area (Å²) < 4.78 is 3.07. The largest absolute Gasteiger partial charge is 0.331 e. The van der Waals surface area contributed by atoms with E-state index in [-0.39, 0.29) is 0 Å². The first-order chi connectivity index (χ1) is 9.17. The molecular formula is C15H21ClN2S. The zero-order valence-electron chi connectivity index (χ0n) is 11.6. The fraction of sp³-hybridized carbons (Fsp3) is 0.533. The predicted molar refractivity (Wildman–Crippen MR) is 85.6 cm³/mol. The topological polar surface area (TPSA) is 20.7 Å². The van der Waals surface area contributed by atoms with E-state index < -0.39 is 0 Å². The van der Waals surface area contributed by atoms with Gasteiger partial charge in [-0.15, -0.1) is 0 Å². The van der Waals surface area contributed by atoms with Gasteiger partial charge < -0.3 is 9.55 Å². The van der Waals surface area contributed by atoms with E-state index in [4.69, 9.17) is 23.8 Å². The van der Waals surface area contributed by atoms with Crippen LogP contribution < -0.4 is 0 Å². The molecule has 0 saturated heterocycles. The number of benzene rings is 1. The van der Waals surface area contributed by atoms with E-state index in [2.05, 4.69) is 23.4 Å². The Labute approximate surface area is 124 Å². The van der Waals surface area contributed by atoms with Crippen molar-refractivity contribution in [1.29, 1.82) is 0 Å². The van der Waals surface area contributed by atoms with Crippen molar-refractivity contribution < 1.29 is 0 Å². The molecule has 1 unspecified atom stereocenters. The van der Waals surface area contributed by atoms with E-state index in [9.17, 15) is 0 Å². The van der Waals surface area contributed by atoms with Crippen molar-refractivity contribution in [2.24, 2.45) is 0 Å². The molecule has 0 radical (unpaired) electrons. The highest BCUT2D eigenvalue weighted by Gasteiger charge is 2.14. The Kier molecular flexibility index (Phi) is 5.06. The summed E-state index contributed by atoms with van der Waals surface area (Å²) in [6.07, 6.45) is 5.96. The van der Waals surface area contributed by atoms with Gasteiger partial charge in [0, 0.05) is 11.1 Å². The molecule has 0 amide bonds. The number of H-pyrrole nitrogens is 1.